The highest BCUT2D eigenvalue weighted by molar-refractivity contribution is 6.33. The minimum Gasteiger partial charge on any atom is -0.496 e. The average molecular weight is 443 g/mol. The van der Waals surface area contributed by atoms with Crippen molar-refractivity contribution in [2.75, 3.05) is 53.2 Å². The first kappa shape index (κ1) is 24.0. The van der Waals surface area contributed by atoms with Crippen molar-refractivity contribution in [2.24, 2.45) is 0 Å². The van der Waals surface area contributed by atoms with Crippen molar-refractivity contribution in [2.45, 2.75) is 31.4 Å². The Hall–Kier alpha value is -2.23. The maximum Gasteiger partial charge on any atom is 0.406 e. The minimum atomic E-state index is -0.412. The summed E-state index contributed by atoms with van der Waals surface area (Å²) in [6, 6.07) is 2.93. The number of halogens is 1. The molecule has 4 N–H and O–H groups in total. The summed E-state index contributed by atoms with van der Waals surface area (Å²) in [4.78, 5) is 26.2. The lowest BCUT2D eigenvalue weighted by Crippen LogP contribution is -2.54. The van der Waals surface area contributed by atoms with Crippen molar-refractivity contribution in [3.63, 3.8) is 0 Å². The van der Waals surface area contributed by atoms with Crippen LogP contribution in [-0.4, -0.2) is 76.6 Å². The number of hydrogen-bond donors (Lipinski definition) is 3. The molecule has 1 aromatic rings. The topological polar surface area (TPSA) is 115 Å². The van der Waals surface area contributed by atoms with E-state index in [0.29, 0.717) is 35.2 Å². The molecule has 2 amide bonds. The van der Waals surface area contributed by atoms with Gasteiger partial charge in [-0.15, -0.1) is 0 Å². The lowest BCUT2D eigenvalue weighted by Gasteiger charge is -2.38. The van der Waals surface area contributed by atoms with Gasteiger partial charge in [0, 0.05) is 33.3 Å². The van der Waals surface area contributed by atoms with Crippen LogP contribution in [0.25, 0.3) is 0 Å². The van der Waals surface area contributed by atoms with Gasteiger partial charge in [0.1, 0.15) is 5.75 Å². The van der Waals surface area contributed by atoms with E-state index in [9.17, 15) is 9.59 Å². The van der Waals surface area contributed by atoms with E-state index in [2.05, 4.69) is 15.5 Å². The number of alkyl carbamates (subject to hydrolysis) is 1. The molecule has 2 rings (SSSR count). The molecule has 9 nitrogen and oxygen atoms in total. The summed E-state index contributed by atoms with van der Waals surface area (Å²) < 4.78 is 15.9. The average Bonchev–Trinajstić information content (AvgIpc) is 2.75. The quantitative estimate of drug-likeness (QED) is 0.395. The van der Waals surface area contributed by atoms with Gasteiger partial charge in [0.25, 0.3) is 5.91 Å². The molecule has 0 saturated carbocycles. The highest BCUT2D eigenvalue weighted by Gasteiger charge is 2.31. The zero-order valence-corrected chi connectivity index (χ0v) is 18.5. The van der Waals surface area contributed by atoms with Crippen LogP contribution in [0.1, 0.15) is 29.6 Å². The summed E-state index contributed by atoms with van der Waals surface area (Å²) in [5.41, 5.74) is 6.49. The largest absolute Gasteiger partial charge is 0.496 e. The number of nitrogen functional groups attached to an aromatic ring is 1. The minimum absolute atomic E-state index is 0.128. The van der Waals surface area contributed by atoms with E-state index >= 15 is 0 Å². The van der Waals surface area contributed by atoms with Gasteiger partial charge in [-0.1, -0.05) is 11.6 Å². The first-order valence-electron chi connectivity index (χ1n) is 9.93. The molecule has 0 spiro atoms. The molecular formula is C20H31ClN4O5. The van der Waals surface area contributed by atoms with Gasteiger partial charge in [-0.25, -0.2) is 4.79 Å². The molecule has 1 saturated heterocycles. The van der Waals surface area contributed by atoms with Crippen molar-refractivity contribution in [3.8, 4) is 5.75 Å². The smallest absolute Gasteiger partial charge is 0.406 e. The van der Waals surface area contributed by atoms with Gasteiger partial charge < -0.3 is 35.5 Å². The van der Waals surface area contributed by atoms with Crippen LogP contribution in [0.5, 0.6) is 5.75 Å². The molecule has 2 atom stereocenters. The Morgan fingerprint density at radius 2 is 2.07 bits per heavy atom. The second-order valence-corrected chi connectivity index (χ2v) is 7.52. The third-order valence-corrected chi connectivity index (χ3v) is 5.46. The summed E-state index contributed by atoms with van der Waals surface area (Å²) in [5, 5.41) is 5.76. The number of nitrogens with zero attached hydrogens (tertiary/aromatic N) is 1. The van der Waals surface area contributed by atoms with Gasteiger partial charge in [0.2, 0.25) is 0 Å². The second kappa shape index (κ2) is 11.8. The Bertz CT molecular complexity index is 733. The predicted molar refractivity (Wildman–Crippen MR) is 115 cm³/mol. The van der Waals surface area contributed by atoms with Crippen LogP contribution in [-0.2, 0) is 9.47 Å². The number of carbonyl (C=O) groups excluding carboxylic acids is 2. The number of piperidine rings is 1. The van der Waals surface area contributed by atoms with E-state index in [1.165, 1.54) is 20.2 Å². The molecule has 1 aliphatic heterocycles. The van der Waals surface area contributed by atoms with Crippen LogP contribution < -0.4 is 21.1 Å². The lowest BCUT2D eigenvalue weighted by atomic mass is 10.0. The molecule has 168 valence electrons. The summed E-state index contributed by atoms with van der Waals surface area (Å²) in [6.45, 7) is 2.81. The Labute approximate surface area is 182 Å². The first-order valence-corrected chi connectivity index (χ1v) is 10.3. The number of likely N-dealkylation sites (tertiary alicyclic amines) is 1. The third kappa shape index (κ3) is 6.65. The number of benzene rings is 1. The normalized spacial score (nSPS) is 19.2. The van der Waals surface area contributed by atoms with Crippen molar-refractivity contribution in [1.29, 1.82) is 0 Å². The lowest BCUT2D eigenvalue weighted by molar-refractivity contribution is 0.00565. The molecule has 30 heavy (non-hydrogen) atoms. The number of carbonyl (C=O) groups is 2. The van der Waals surface area contributed by atoms with Gasteiger partial charge in [-0.05, 0) is 31.9 Å². The van der Waals surface area contributed by atoms with Crippen molar-refractivity contribution >= 4 is 29.3 Å². The van der Waals surface area contributed by atoms with Crippen molar-refractivity contribution in [1.82, 2.24) is 15.5 Å². The number of unbranched alkanes of at least 4 members (excludes halogenated alkanes) is 1. The van der Waals surface area contributed by atoms with E-state index in [1.54, 1.807) is 13.2 Å². The molecular weight excluding hydrogens is 412 g/mol. The van der Waals surface area contributed by atoms with E-state index in [4.69, 9.17) is 31.5 Å². The summed E-state index contributed by atoms with van der Waals surface area (Å²) in [7, 11) is 4.66. The molecule has 0 radical (unpaired) electrons. The Kier molecular flexibility index (Phi) is 9.48. The maximum absolute atomic E-state index is 12.8. The number of nitrogens with two attached hydrogens (primary N) is 1. The van der Waals surface area contributed by atoms with Gasteiger partial charge in [0.15, 0.2) is 0 Å². The van der Waals surface area contributed by atoms with E-state index in [1.807, 2.05) is 0 Å². The van der Waals surface area contributed by atoms with Crippen molar-refractivity contribution in [3.05, 3.63) is 22.7 Å². The maximum atomic E-state index is 12.8. The summed E-state index contributed by atoms with van der Waals surface area (Å²) >= 11 is 6.08. The molecule has 0 aliphatic carbocycles. The van der Waals surface area contributed by atoms with E-state index < -0.39 is 6.09 Å². The van der Waals surface area contributed by atoms with Crippen LogP contribution in [0, 0.1) is 0 Å². The van der Waals surface area contributed by atoms with Crippen LogP contribution in [0.15, 0.2) is 12.1 Å². The number of nitrogens with one attached hydrogen (secondary N) is 2. The van der Waals surface area contributed by atoms with Crippen LogP contribution in [0.3, 0.4) is 0 Å². The number of hydrogen-bond acceptors (Lipinski definition) is 7. The first-order chi connectivity index (χ1) is 14.4. The highest BCUT2D eigenvalue weighted by Crippen LogP contribution is 2.29. The predicted octanol–water partition coefficient (Wildman–Crippen LogP) is 1.89. The number of rotatable bonds is 9. The fourth-order valence-corrected chi connectivity index (χ4v) is 3.59. The zero-order chi connectivity index (χ0) is 22.1. The Morgan fingerprint density at radius 1 is 1.30 bits per heavy atom. The molecule has 1 fully saturated rings. The van der Waals surface area contributed by atoms with E-state index in [0.717, 1.165) is 32.4 Å². The standard InChI is InChI=1S/C20H31ClN4O5/c1-23-20(27)30-9-5-4-7-25-8-6-16(18(12-25)29-3)24-19(26)13-10-14(21)15(22)11-17(13)28-2/h10-11,16,18H,4-9,12,22H2,1-3H3,(H,23,27)(H,24,26). The van der Waals surface area contributed by atoms with Gasteiger partial charge >= 0.3 is 6.09 Å². The molecule has 1 aromatic carbocycles. The molecule has 0 bridgehead atoms. The fraction of sp³-hybridized carbons (Fsp3) is 0.600. The Balaban J connectivity index is 1.86. The Morgan fingerprint density at radius 3 is 2.73 bits per heavy atom. The van der Waals surface area contributed by atoms with Gasteiger partial charge in [-0.2, -0.15) is 0 Å². The van der Waals surface area contributed by atoms with Crippen LogP contribution >= 0.6 is 11.6 Å². The monoisotopic (exact) mass is 442 g/mol. The fourth-order valence-electron chi connectivity index (χ4n) is 3.42. The molecule has 2 unspecified atom stereocenters. The molecule has 10 heteroatoms. The number of methoxy groups -OCH3 is 2. The molecule has 0 aromatic heterocycles. The van der Waals surface area contributed by atoms with E-state index in [-0.39, 0.29) is 18.1 Å². The van der Waals surface area contributed by atoms with Crippen LogP contribution in [0.4, 0.5) is 10.5 Å². The SMILES string of the molecule is CNC(=O)OCCCCN1CCC(NC(=O)c2cc(Cl)c(N)cc2OC)C(OC)C1. The van der Waals surface area contributed by atoms with Gasteiger partial charge in [-0.3, -0.25) is 4.79 Å². The summed E-state index contributed by atoms with van der Waals surface area (Å²) in [5.74, 6) is 0.0976. The summed E-state index contributed by atoms with van der Waals surface area (Å²) in [6.07, 6.45) is 1.90. The highest BCUT2D eigenvalue weighted by atomic mass is 35.5. The van der Waals surface area contributed by atoms with Gasteiger partial charge in [0.05, 0.1) is 42.1 Å². The number of ether oxygens (including phenoxy) is 3. The molecule has 1 heterocycles. The zero-order valence-electron chi connectivity index (χ0n) is 17.7. The van der Waals surface area contributed by atoms with Crippen LogP contribution in [0.2, 0.25) is 5.02 Å². The molecule has 1 aliphatic rings. The van der Waals surface area contributed by atoms with Crippen molar-refractivity contribution < 1.29 is 23.8 Å². The number of amides is 2. The third-order valence-electron chi connectivity index (χ3n) is 5.13. The second-order valence-electron chi connectivity index (χ2n) is 7.11. The number of anilines is 1.